The fourth-order valence-corrected chi connectivity index (χ4v) is 4.01. The number of methoxy groups -OCH3 is 1. The molecule has 0 fully saturated rings. The van der Waals surface area contributed by atoms with Gasteiger partial charge in [0.2, 0.25) is 5.88 Å². The number of hydrogen-bond donors (Lipinski definition) is 2. The Hall–Kier alpha value is -2.74. The predicted molar refractivity (Wildman–Crippen MR) is 105 cm³/mol. The molecule has 0 spiro atoms. The van der Waals surface area contributed by atoms with E-state index >= 15 is 0 Å². The summed E-state index contributed by atoms with van der Waals surface area (Å²) in [4.78, 5) is 8.94. The van der Waals surface area contributed by atoms with Crippen LogP contribution < -0.4 is 4.74 Å². The van der Waals surface area contributed by atoms with Crippen LogP contribution in [0.1, 0.15) is 17.2 Å². The number of aliphatic hydroxyl groups excluding tert-OH is 1. The van der Waals surface area contributed by atoms with Crippen molar-refractivity contribution in [2.24, 2.45) is 0 Å². The van der Waals surface area contributed by atoms with Crippen molar-refractivity contribution >= 4 is 22.9 Å². The van der Waals surface area contributed by atoms with E-state index < -0.39 is 6.10 Å². The van der Waals surface area contributed by atoms with Crippen molar-refractivity contribution in [3.8, 4) is 27.0 Å². The molecule has 3 aromatic heterocycles. The Morgan fingerprint density at radius 2 is 2.00 bits per heavy atom. The Labute approximate surface area is 164 Å². The van der Waals surface area contributed by atoms with Gasteiger partial charge in [0.15, 0.2) is 5.82 Å². The molecule has 1 unspecified atom stereocenters. The van der Waals surface area contributed by atoms with Crippen LogP contribution in [0.2, 0.25) is 5.02 Å². The maximum atomic E-state index is 11.0. The molecular weight excluding hydrogens is 384 g/mol. The first-order chi connectivity index (χ1) is 13.2. The quantitative estimate of drug-likeness (QED) is 0.522. The first-order valence-electron chi connectivity index (χ1n) is 8.10. The molecule has 0 radical (unpaired) electrons. The smallest absolute Gasteiger partial charge is 0.213 e. The molecule has 3 heterocycles. The van der Waals surface area contributed by atoms with Gasteiger partial charge in [-0.1, -0.05) is 23.7 Å². The van der Waals surface area contributed by atoms with E-state index in [4.69, 9.17) is 16.3 Å². The number of rotatable bonds is 5. The summed E-state index contributed by atoms with van der Waals surface area (Å²) < 4.78 is 5.22. The van der Waals surface area contributed by atoms with E-state index in [1.807, 2.05) is 30.3 Å². The van der Waals surface area contributed by atoms with Gasteiger partial charge in [0.25, 0.3) is 0 Å². The van der Waals surface area contributed by atoms with Crippen molar-refractivity contribution in [1.29, 1.82) is 0 Å². The van der Waals surface area contributed by atoms with Gasteiger partial charge in [0.1, 0.15) is 12.4 Å². The zero-order valence-electron chi connectivity index (χ0n) is 14.3. The Morgan fingerprint density at radius 3 is 2.70 bits per heavy atom. The van der Waals surface area contributed by atoms with E-state index in [2.05, 4.69) is 20.2 Å². The predicted octanol–water partition coefficient (Wildman–Crippen LogP) is 4.34. The van der Waals surface area contributed by atoms with E-state index in [-0.39, 0.29) is 0 Å². The van der Waals surface area contributed by atoms with Crippen molar-refractivity contribution in [2.45, 2.75) is 6.10 Å². The molecule has 0 aliphatic carbocycles. The highest BCUT2D eigenvalue weighted by Crippen LogP contribution is 2.41. The number of ether oxygens (including phenoxy) is 1. The van der Waals surface area contributed by atoms with Crippen LogP contribution in [-0.2, 0) is 0 Å². The summed E-state index contributed by atoms with van der Waals surface area (Å²) in [6.07, 6.45) is 2.39. The molecule has 4 aromatic rings. The third-order valence-electron chi connectivity index (χ3n) is 4.10. The van der Waals surface area contributed by atoms with E-state index in [1.54, 1.807) is 25.4 Å². The largest absolute Gasteiger partial charge is 0.481 e. The highest BCUT2D eigenvalue weighted by Gasteiger charge is 2.22. The molecule has 0 saturated heterocycles. The number of hydrogen-bond acceptors (Lipinski definition) is 6. The first kappa shape index (κ1) is 17.7. The normalized spacial score (nSPS) is 12.1. The van der Waals surface area contributed by atoms with Crippen LogP contribution in [0.3, 0.4) is 0 Å². The lowest BCUT2D eigenvalue weighted by molar-refractivity contribution is 0.221. The number of thiophene rings is 1. The summed E-state index contributed by atoms with van der Waals surface area (Å²) in [6, 6.07) is 12.8. The molecule has 0 amide bonds. The maximum Gasteiger partial charge on any atom is 0.213 e. The molecule has 0 saturated carbocycles. The van der Waals surface area contributed by atoms with Crippen LogP contribution in [0.15, 0.2) is 55.0 Å². The molecule has 0 aliphatic rings. The third kappa shape index (κ3) is 3.57. The number of aliphatic hydroxyl groups is 1. The highest BCUT2D eigenvalue weighted by molar-refractivity contribution is 7.19. The van der Waals surface area contributed by atoms with Gasteiger partial charge < -0.3 is 14.8 Å². The number of aromatic amines is 1. The molecule has 27 heavy (non-hydrogen) atoms. The summed E-state index contributed by atoms with van der Waals surface area (Å²) in [7, 11) is 1.58. The van der Waals surface area contributed by atoms with Gasteiger partial charge in [-0.2, -0.15) is 0 Å². The highest BCUT2D eigenvalue weighted by atomic mass is 35.5. The number of nitrogens with one attached hydrogen (secondary N) is 1. The van der Waals surface area contributed by atoms with E-state index in [0.717, 1.165) is 26.4 Å². The van der Waals surface area contributed by atoms with Gasteiger partial charge in [0.05, 0.1) is 12.0 Å². The summed E-state index contributed by atoms with van der Waals surface area (Å²) in [5.74, 6) is 1.14. The van der Waals surface area contributed by atoms with Gasteiger partial charge in [0, 0.05) is 27.7 Å². The number of nitrogens with zero attached hydrogens (tertiary/aromatic N) is 3. The first-order valence-corrected chi connectivity index (χ1v) is 9.29. The summed E-state index contributed by atoms with van der Waals surface area (Å²) in [6.45, 7) is 0. The fraction of sp³-hybridized carbons (Fsp3) is 0.105. The van der Waals surface area contributed by atoms with Crippen molar-refractivity contribution < 1.29 is 9.84 Å². The minimum Gasteiger partial charge on any atom is -0.481 e. The minimum atomic E-state index is -0.823. The second kappa shape index (κ2) is 7.48. The van der Waals surface area contributed by atoms with Crippen molar-refractivity contribution in [3.05, 3.63) is 71.1 Å². The summed E-state index contributed by atoms with van der Waals surface area (Å²) >= 11 is 7.48. The van der Waals surface area contributed by atoms with E-state index in [0.29, 0.717) is 16.7 Å². The van der Waals surface area contributed by atoms with Crippen LogP contribution in [0.25, 0.3) is 21.1 Å². The second-order valence-electron chi connectivity index (χ2n) is 5.77. The lowest BCUT2D eigenvalue weighted by Gasteiger charge is -2.11. The lowest BCUT2D eigenvalue weighted by atomic mass is 10.0. The van der Waals surface area contributed by atoms with Gasteiger partial charge >= 0.3 is 0 Å². The number of aromatic nitrogens is 4. The van der Waals surface area contributed by atoms with Gasteiger partial charge in [-0.25, -0.2) is 4.98 Å². The van der Waals surface area contributed by atoms with Crippen LogP contribution in [0.4, 0.5) is 0 Å². The zero-order chi connectivity index (χ0) is 18.8. The number of halogens is 1. The lowest BCUT2D eigenvalue weighted by Crippen LogP contribution is -2.00. The summed E-state index contributed by atoms with van der Waals surface area (Å²) in [5.41, 5.74) is 2.43. The molecule has 2 N–H and O–H groups in total. The number of H-pyrrole nitrogens is 1. The van der Waals surface area contributed by atoms with Crippen molar-refractivity contribution in [3.63, 3.8) is 0 Å². The SMILES string of the molecule is COc1cc(-c2cc(C(O)c3ccc(Cl)cc3)c(-c3nnc[nH]3)s2)ccn1. The van der Waals surface area contributed by atoms with Crippen LogP contribution in [0, 0.1) is 0 Å². The Kier molecular flexibility index (Phi) is 4.89. The molecule has 136 valence electrons. The van der Waals surface area contributed by atoms with Crippen molar-refractivity contribution in [2.75, 3.05) is 7.11 Å². The Morgan fingerprint density at radius 1 is 1.19 bits per heavy atom. The monoisotopic (exact) mass is 398 g/mol. The molecule has 6 nitrogen and oxygen atoms in total. The van der Waals surface area contributed by atoms with E-state index in [1.165, 1.54) is 17.7 Å². The maximum absolute atomic E-state index is 11.0. The molecule has 8 heteroatoms. The molecule has 0 aliphatic heterocycles. The average Bonchev–Trinajstić information content (AvgIpc) is 3.38. The fourth-order valence-electron chi connectivity index (χ4n) is 2.75. The molecule has 4 rings (SSSR count). The van der Waals surface area contributed by atoms with Gasteiger partial charge in [-0.05, 0) is 35.4 Å². The molecule has 0 bridgehead atoms. The Balaban J connectivity index is 1.82. The van der Waals surface area contributed by atoms with Crippen LogP contribution in [0.5, 0.6) is 5.88 Å². The number of benzene rings is 1. The van der Waals surface area contributed by atoms with Gasteiger partial charge in [-0.3, -0.25) is 0 Å². The Bertz CT molecular complexity index is 1050. The van der Waals surface area contributed by atoms with Gasteiger partial charge in [-0.15, -0.1) is 21.5 Å². The molecular formula is C19H15ClN4O2S. The topological polar surface area (TPSA) is 83.9 Å². The van der Waals surface area contributed by atoms with Crippen LogP contribution >= 0.6 is 22.9 Å². The second-order valence-corrected chi connectivity index (χ2v) is 7.26. The molecule has 1 atom stereocenters. The third-order valence-corrected chi connectivity index (χ3v) is 5.56. The minimum absolute atomic E-state index is 0.530. The van der Waals surface area contributed by atoms with Crippen LogP contribution in [-0.4, -0.2) is 32.4 Å². The molecule has 1 aromatic carbocycles. The van der Waals surface area contributed by atoms with Crippen molar-refractivity contribution in [1.82, 2.24) is 20.2 Å². The zero-order valence-corrected chi connectivity index (χ0v) is 15.8. The summed E-state index contributed by atoms with van der Waals surface area (Å²) in [5, 5.41) is 19.6. The number of pyridine rings is 1. The average molecular weight is 399 g/mol. The standard InChI is InChI=1S/C19H15ClN4O2S/c1-26-16-8-12(6-7-21-16)15-9-14(18(27-15)19-22-10-23-24-19)17(25)11-2-4-13(20)5-3-11/h2-10,17,25H,1H3,(H,22,23,24). The van der Waals surface area contributed by atoms with E-state index in [9.17, 15) is 5.11 Å².